The number of hydrogen-bond acceptors (Lipinski definition) is 3. The molecule has 4 rings (SSSR count). The van der Waals surface area contributed by atoms with E-state index in [0.717, 1.165) is 11.0 Å². The van der Waals surface area contributed by atoms with Gasteiger partial charge in [-0.05, 0) is 36.4 Å². The number of hydrogen-bond donors (Lipinski definition) is 1. The third kappa shape index (κ3) is 2.95. The maximum Gasteiger partial charge on any atom is 0.254 e. The number of fused-ring (bicyclic) bond motifs is 1. The third-order valence-corrected chi connectivity index (χ3v) is 4.12. The molecule has 2 aromatic carbocycles. The highest BCUT2D eigenvalue weighted by Gasteiger charge is 2.16. The summed E-state index contributed by atoms with van der Waals surface area (Å²) >= 11 is 0. The third-order valence-electron chi connectivity index (χ3n) is 4.12. The first-order chi connectivity index (χ1) is 12.6. The quantitative estimate of drug-likeness (QED) is 0.615. The van der Waals surface area contributed by atoms with Crippen LogP contribution in [0.1, 0.15) is 16.2 Å². The Morgan fingerprint density at radius 2 is 2.08 bits per heavy atom. The molecule has 2 aromatic heterocycles. The summed E-state index contributed by atoms with van der Waals surface area (Å²) in [5.41, 5.74) is 2.33. The number of nitrogens with zero attached hydrogens (tertiary/aromatic N) is 4. The van der Waals surface area contributed by atoms with Crippen LogP contribution in [0, 0.1) is 5.82 Å². The van der Waals surface area contributed by atoms with Gasteiger partial charge in [0.15, 0.2) is 0 Å². The largest absolute Gasteiger partial charge is 0.340 e. The van der Waals surface area contributed by atoms with Crippen molar-refractivity contribution >= 4 is 16.9 Å². The Morgan fingerprint density at radius 3 is 2.81 bits per heavy atom. The molecule has 0 fully saturated rings. The molecule has 26 heavy (non-hydrogen) atoms. The first-order valence-electron chi connectivity index (χ1n) is 8.10. The lowest BCUT2D eigenvalue weighted by Gasteiger charge is -2.16. The van der Waals surface area contributed by atoms with E-state index in [4.69, 9.17) is 0 Å². The van der Waals surface area contributed by atoms with Crippen LogP contribution in [-0.2, 0) is 6.54 Å². The summed E-state index contributed by atoms with van der Waals surface area (Å²) in [6.45, 7) is 0.302. The highest BCUT2D eigenvalue weighted by atomic mass is 19.1. The number of carbonyl (C=O) groups excluding carboxylic acids is 1. The fraction of sp³-hybridized carbons (Fsp3) is 0.105. The van der Waals surface area contributed by atoms with Crippen molar-refractivity contribution in [1.82, 2.24) is 24.6 Å². The topological polar surface area (TPSA) is 66.8 Å². The minimum Gasteiger partial charge on any atom is -0.340 e. The Hall–Kier alpha value is -3.48. The molecule has 6 nitrogen and oxygen atoms in total. The monoisotopic (exact) mass is 349 g/mol. The van der Waals surface area contributed by atoms with E-state index < -0.39 is 5.82 Å². The van der Waals surface area contributed by atoms with E-state index in [0.29, 0.717) is 18.1 Å². The highest BCUT2D eigenvalue weighted by Crippen LogP contribution is 2.17. The van der Waals surface area contributed by atoms with E-state index in [2.05, 4.69) is 15.1 Å². The number of nitrogens with one attached hydrogen (secondary N) is 1. The predicted octanol–water partition coefficient (Wildman–Crippen LogP) is 3.16. The number of aromatic nitrogens is 4. The second kappa shape index (κ2) is 6.44. The second-order valence-electron chi connectivity index (χ2n) is 5.98. The van der Waals surface area contributed by atoms with Gasteiger partial charge in [0.2, 0.25) is 0 Å². The Kier molecular flexibility index (Phi) is 3.96. The number of carbonyl (C=O) groups is 1. The first-order valence-corrected chi connectivity index (χ1v) is 8.10. The summed E-state index contributed by atoms with van der Waals surface area (Å²) in [6.07, 6.45) is 3.22. The van der Waals surface area contributed by atoms with Crippen LogP contribution in [0.2, 0.25) is 0 Å². The molecule has 1 N–H and O–H groups in total. The van der Waals surface area contributed by atoms with Crippen molar-refractivity contribution in [3.05, 3.63) is 78.1 Å². The van der Waals surface area contributed by atoms with Gasteiger partial charge >= 0.3 is 0 Å². The molecule has 7 heteroatoms. The van der Waals surface area contributed by atoms with Crippen molar-refractivity contribution in [3.8, 4) is 5.69 Å². The van der Waals surface area contributed by atoms with Gasteiger partial charge in [-0.25, -0.2) is 14.1 Å². The molecular weight excluding hydrogens is 333 g/mol. The molecule has 2 heterocycles. The molecule has 0 radical (unpaired) electrons. The zero-order valence-electron chi connectivity index (χ0n) is 14.1. The van der Waals surface area contributed by atoms with E-state index in [1.165, 1.54) is 15.6 Å². The van der Waals surface area contributed by atoms with Crippen molar-refractivity contribution in [1.29, 1.82) is 0 Å². The van der Waals surface area contributed by atoms with Gasteiger partial charge in [-0.2, -0.15) is 5.10 Å². The molecule has 0 bridgehead atoms. The number of imidazole rings is 1. The second-order valence-corrected chi connectivity index (χ2v) is 5.98. The van der Waals surface area contributed by atoms with Crippen LogP contribution in [0.5, 0.6) is 0 Å². The molecule has 1 amide bonds. The smallest absolute Gasteiger partial charge is 0.254 e. The molecule has 4 aromatic rings. The van der Waals surface area contributed by atoms with Gasteiger partial charge in [-0.1, -0.05) is 12.1 Å². The van der Waals surface area contributed by atoms with E-state index >= 15 is 0 Å². The Labute approximate surface area is 148 Å². The van der Waals surface area contributed by atoms with Gasteiger partial charge in [0, 0.05) is 25.0 Å². The standard InChI is InChI=1S/C19H16FN5O/c1-24(12-18-22-15-5-2-3-6-16(15)23-18)19(26)13-7-8-17(14(20)11-13)25-10-4-9-21-25/h2-11H,12H2,1H3,(H,22,23). The van der Waals surface area contributed by atoms with E-state index in [9.17, 15) is 9.18 Å². The molecule has 0 aliphatic carbocycles. The number of aromatic amines is 1. The predicted molar refractivity (Wildman–Crippen MR) is 95.4 cm³/mol. The maximum absolute atomic E-state index is 14.4. The number of H-pyrrole nitrogens is 1. The average molecular weight is 349 g/mol. The highest BCUT2D eigenvalue weighted by molar-refractivity contribution is 5.94. The van der Waals surface area contributed by atoms with Crippen LogP contribution < -0.4 is 0 Å². The van der Waals surface area contributed by atoms with Gasteiger partial charge in [-0.15, -0.1) is 0 Å². The van der Waals surface area contributed by atoms with Crippen molar-refractivity contribution in [2.24, 2.45) is 0 Å². The van der Waals surface area contributed by atoms with Gasteiger partial charge < -0.3 is 9.88 Å². The number of halogens is 1. The van der Waals surface area contributed by atoms with Crippen LogP contribution in [0.4, 0.5) is 4.39 Å². The molecule has 130 valence electrons. The molecule has 0 atom stereocenters. The van der Waals surface area contributed by atoms with Crippen LogP contribution in [0.25, 0.3) is 16.7 Å². The molecule has 0 unspecified atom stereocenters. The maximum atomic E-state index is 14.4. The molecule has 0 saturated carbocycles. The Bertz CT molecular complexity index is 1040. The van der Waals surface area contributed by atoms with E-state index in [-0.39, 0.29) is 11.5 Å². The lowest BCUT2D eigenvalue weighted by atomic mass is 10.1. The summed E-state index contributed by atoms with van der Waals surface area (Å²) in [4.78, 5) is 21.7. The fourth-order valence-corrected chi connectivity index (χ4v) is 2.83. The van der Waals surface area contributed by atoms with Gasteiger partial charge in [-0.3, -0.25) is 4.79 Å². The van der Waals surface area contributed by atoms with E-state index in [1.807, 2.05) is 24.3 Å². The summed E-state index contributed by atoms with van der Waals surface area (Å²) < 4.78 is 15.8. The number of benzene rings is 2. The lowest BCUT2D eigenvalue weighted by molar-refractivity contribution is 0.0781. The van der Waals surface area contributed by atoms with Gasteiger partial charge in [0.1, 0.15) is 17.3 Å². The first kappa shape index (κ1) is 16.0. The average Bonchev–Trinajstić information content (AvgIpc) is 3.30. The van der Waals surface area contributed by atoms with Crippen LogP contribution in [0.15, 0.2) is 60.9 Å². The van der Waals surface area contributed by atoms with Crippen molar-refractivity contribution < 1.29 is 9.18 Å². The molecule has 0 aliphatic rings. The SMILES string of the molecule is CN(Cc1nc2ccccc2[nH]1)C(=O)c1ccc(-n2cccn2)c(F)c1. The molecular formula is C19H16FN5O. The number of amides is 1. The lowest BCUT2D eigenvalue weighted by Crippen LogP contribution is -2.26. The summed E-state index contributed by atoms with van der Waals surface area (Å²) in [5.74, 6) is -0.108. The Balaban J connectivity index is 1.54. The van der Waals surface area contributed by atoms with Gasteiger partial charge in [0.25, 0.3) is 5.91 Å². The number of para-hydroxylation sites is 2. The van der Waals surface area contributed by atoms with Crippen LogP contribution >= 0.6 is 0 Å². The zero-order chi connectivity index (χ0) is 18.1. The molecule has 0 aliphatic heterocycles. The summed E-state index contributed by atoms with van der Waals surface area (Å²) in [5, 5.41) is 4.00. The van der Waals surface area contributed by atoms with Gasteiger partial charge in [0.05, 0.1) is 17.6 Å². The zero-order valence-corrected chi connectivity index (χ0v) is 14.1. The molecule has 0 spiro atoms. The fourth-order valence-electron chi connectivity index (χ4n) is 2.83. The number of rotatable bonds is 4. The van der Waals surface area contributed by atoms with Crippen LogP contribution in [0.3, 0.4) is 0 Å². The minimum absolute atomic E-state index is 0.275. The van der Waals surface area contributed by atoms with Crippen LogP contribution in [-0.4, -0.2) is 37.6 Å². The Morgan fingerprint density at radius 1 is 1.23 bits per heavy atom. The summed E-state index contributed by atoms with van der Waals surface area (Å²) in [6, 6.07) is 13.7. The minimum atomic E-state index is -0.503. The summed E-state index contributed by atoms with van der Waals surface area (Å²) in [7, 11) is 1.66. The van der Waals surface area contributed by atoms with E-state index in [1.54, 1.807) is 37.6 Å². The van der Waals surface area contributed by atoms with Crippen molar-refractivity contribution in [3.63, 3.8) is 0 Å². The normalized spacial score (nSPS) is 11.0. The van der Waals surface area contributed by atoms with Crippen molar-refractivity contribution in [2.75, 3.05) is 7.05 Å². The van der Waals surface area contributed by atoms with Crippen molar-refractivity contribution in [2.45, 2.75) is 6.54 Å². The molecule has 0 saturated heterocycles.